The molecular formula is C17H28N2S. The van der Waals surface area contributed by atoms with E-state index in [1.165, 1.54) is 43.7 Å². The van der Waals surface area contributed by atoms with Crippen LogP contribution in [0.5, 0.6) is 0 Å². The Labute approximate surface area is 128 Å². The molecule has 1 heterocycles. The molecule has 1 N–H and O–H groups in total. The Hall–Kier alpha value is -0.510. The molecule has 2 rings (SSSR count). The Balaban J connectivity index is 1.88. The quantitative estimate of drug-likeness (QED) is 0.774. The van der Waals surface area contributed by atoms with Crippen molar-refractivity contribution in [1.29, 1.82) is 0 Å². The first kappa shape index (κ1) is 15.9. The van der Waals surface area contributed by atoms with Gasteiger partial charge in [0.25, 0.3) is 0 Å². The first-order valence-corrected chi connectivity index (χ1v) is 9.22. The van der Waals surface area contributed by atoms with Gasteiger partial charge in [-0.15, -0.1) is 0 Å². The number of nitrogens with zero attached hydrogens (tertiary/aromatic N) is 1. The van der Waals surface area contributed by atoms with Gasteiger partial charge in [0.1, 0.15) is 0 Å². The summed E-state index contributed by atoms with van der Waals surface area (Å²) in [5, 5.41) is 3.63. The van der Waals surface area contributed by atoms with Crippen molar-refractivity contribution in [3.63, 3.8) is 0 Å². The molecule has 3 heteroatoms. The van der Waals surface area contributed by atoms with Gasteiger partial charge >= 0.3 is 0 Å². The maximum atomic E-state index is 3.63. The van der Waals surface area contributed by atoms with Crippen molar-refractivity contribution in [2.75, 3.05) is 31.6 Å². The third-order valence-electron chi connectivity index (χ3n) is 4.09. The van der Waals surface area contributed by atoms with Crippen LogP contribution in [0.2, 0.25) is 0 Å². The highest BCUT2D eigenvalue weighted by atomic mass is 32.2. The number of unbranched alkanes of at least 4 members (excludes halogenated alkanes) is 2. The SMILES string of the molecule is CSCCCCCN1CC(C)NCC1c1ccccc1. The van der Waals surface area contributed by atoms with E-state index in [1.807, 2.05) is 11.8 Å². The Kier molecular flexibility index (Phi) is 6.91. The molecule has 1 fully saturated rings. The van der Waals surface area contributed by atoms with E-state index >= 15 is 0 Å². The van der Waals surface area contributed by atoms with Gasteiger partial charge in [-0.3, -0.25) is 4.90 Å². The second-order valence-electron chi connectivity index (χ2n) is 5.78. The molecule has 0 aromatic heterocycles. The molecule has 0 bridgehead atoms. The lowest BCUT2D eigenvalue weighted by molar-refractivity contribution is 0.133. The van der Waals surface area contributed by atoms with Crippen LogP contribution >= 0.6 is 11.8 Å². The van der Waals surface area contributed by atoms with E-state index in [1.54, 1.807) is 0 Å². The van der Waals surface area contributed by atoms with Crippen molar-refractivity contribution in [3.8, 4) is 0 Å². The molecule has 1 aromatic rings. The molecule has 2 nitrogen and oxygen atoms in total. The van der Waals surface area contributed by atoms with Crippen LogP contribution in [0.1, 0.15) is 37.8 Å². The van der Waals surface area contributed by atoms with Gasteiger partial charge < -0.3 is 5.32 Å². The van der Waals surface area contributed by atoms with Gasteiger partial charge in [0, 0.05) is 25.2 Å². The van der Waals surface area contributed by atoms with Crippen molar-refractivity contribution < 1.29 is 0 Å². The molecule has 2 atom stereocenters. The average Bonchev–Trinajstić information content (AvgIpc) is 2.48. The Morgan fingerprint density at radius 1 is 1.20 bits per heavy atom. The highest BCUT2D eigenvalue weighted by Crippen LogP contribution is 2.24. The number of hydrogen-bond acceptors (Lipinski definition) is 3. The molecule has 0 aliphatic carbocycles. The minimum Gasteiger partial charge on any atom is -0.311 e. The third kappa shape index (κ3) is 4.80. The monoisotopic (exact) mass is 292 g/mol. The summed E-state index contributed by atoms with van der Waals surface area (Å²) in [4.78, 5) is 2.68. The van der Waals surface area contributed by atoms with E-state index in [-0.39, 0.29) is 0 Å². The largest absolute Gasteiger partial charge is 0.311 e. The molecule has 2 unspecified atom stereocenters. The van der Waals surface area contributed by atoms with Crippen molar-refractivity contribution in [2.24, 2.45) is 0 Å². The fraction of sp³-hybridized carbons (Fsp3) is 0.647. The first-order valence-electron chi connectivity index (χ1n) is 7.82. The fourth-order valence-electron chi connectivity index (χ4n) is 2.97. The lowest BCUT2D eigenvalue weighted by atomic mass is 10.0. The van der Waals surface area contributed by atoms with Gasteiger partial charge in [-0.1, -0.05) is 36.8 Å². The summed E-state index contributed by atoms with van der Waals surface area (Å²) in [6, 6.07) is 12.1. The van der Waals surface area contributed by atoms with Gasteiger partial charge in [-0.05, 0) is 43.9 Å². The van der Waals surface area contributed by atoms with Crippen LogP contribution in [0.3, 0.4) is 0 Å². The molecule has 0 radical (unpaired) electrons. The molecule has 0 amide bonds. The molecule has 1 aliphatic rings. The standard InChI is InChI=1S/C17H28N2S/c1-15-14-19(11-7-4-8-12-20-2)17(13-18-15)16-9-5-3-6-10-16/h3,5-6,9-10,15,17-18H,4,7-8,11-14H2,1-2H3. The Morgan fingerprint density at radius 3 is 2.75 bits per heavy atom. The van der Waals surface area contributed by atoms with E-state index in [0.29, 0.717) is 12.1 Å². The van der Waals surface area contributed by atoms with Crippen LogP contribution < -0.4 is 5.32 Å². The summed E-state index contributed by atoms with van der Waals surface area (Å²) in [6.07, 6.45) is 6.25. The summed E-state index contributed by atoms with van der Waals surface area (Å²) in [5.41, 5.74) is 1.45. The number of piperazine rings is 1. The zero-order chi connectivity index (χ0) is 14.2. The Morgan fingerprint density at radius 2 is 2.00 bits per heavy atom. The van der Waals surface area contributed by atoms with Crippen LogP contribution in [-0.2, 0) is 0 Å². The highest BCUT2D eigenvalue weighted by molar-refractivity contribution is 7.98. The van der Waals surface area contributed by atoms with Crippen molar-refractivity contribution in [3.05, 3.63) is 35.9 Å². The fourth-order valence-corrected chi connectivity index (χ4v) is 3.47. The van der Waals surface area contributed by atoms with Crippen molar-refractivity contribution in [1.82, 2.24) is 10.2 Å². The number of rotatable bonds is 7. The van der Waals surface area contributed by atoms with E-state index in [9.17, 15) is 0 Å². The summed E-state index contributed by atoms with van der Waals surface area (Å²) in [7, 11) is 0. The zero-order valence-corrected chi connectivity index (χ0v) is 13.7. The maximum Gasteiger partial charge on any atom is 0.0473 e. The summed E-state index contributed by atoms with van der Waals surface area (Å²) >= 11 is 1.96. The van der Waals surface area contributed by atoms with Gasteiger partial charge in [-0.25, -0.2) is 0 Å². The smallest absolute Gasteiger partial charge is 0.0473 e. The molecule has 0 spiro atoms. The minimum absolute atomic E-state index is 0.549. The Bertz CT molecular complexity index is 369. The lowest BCUT2D eigenvalue weighted by Gasteiger charge is -2.39. The summed E-state index contributed by atoms with van der Waals surface area (Å²) in [5.74, 6) is 1.31. The van der Waals surface area contributed by atoms with Crippen LogP contribution in [0, 0.1) is 0 Å². The second kappa shape index (κ2) is 8.71. The van der Waals surface area contributed by atoms with Crippen LogP contribution in [0.4, 0.5) is 0 Å². The van der Waals surface area contributed by atoms with Gasteiger partial charge in [-0.2, -0.15) is 11.8 Å². The molecule has 112 valence electrons. The number of thioether (sulfide) groups is 1. The van der Waals surface area contributed by atoms with Crippen LogP contribution in [0.15, 0.2) is 30.3 Å². The minimum atomic E-state index is 0.549. The zero-order valence-electron chi connectivity index (χ0n) is 12.8. The van der Waals surface area contributed by atoms with Gasteiger partial charge in [0.2, 0.25) is 0 Å². The predicted octanol–water partition coefficient (Wildman–Crippen LogP) is 3.55. The van der Waals surface area contributed by atoms with Gasteiger partial charge in [0.15, 0.2) is 0 Å². The van der Waals surface area contributed by atoms with E-state index in [0.717, 1.165) is 6.54 Å². The highest BCUT2D eigenvalue weighted by Gasteiger charge is 2.26. The average molecular weight is 292 g/mol. The number of hydrogen-bond donors (Lipinski definition) is 1. The number of benzene rings is 1. The topological polar surface area (TPSA) is 15.3 Å². The second-order valence-corrected chi connectivity index (χ2v) is 6.77. The molecule has 1 saturated heterocycles. The molecule has 20 heavy (non-hydrogen) atoms. The molecule has 1 aliphatic heterocycles. The van der Waals surface area contributed by atoms with Crippen LogP contribution in [0.25, 0.3) is 0 Å². The van der Waals surface area contributed by atoms with E-state index < -0.39 is 0 Å². The summed E-state index contributed by atoms with van der Waals surface area (Å²) in [6.45, 7) is 5.78. The molecule has 0 saturated carbocycles. The predicted molar refractivity (Wildman–Crippen MR) is 90.5 cm³/mol. The number of nitrogens with one attached hydrogen (secondary N) is 1. The lowest BCUT2D eigenvalue weighted by Crippen LogP contribution is -2.51. The molecule has 1 aromatic carbocycles. The first-order chi connectivity index (χ1) is 9.81. The van der Waals surface area contributed by atoms with E-state index in [4.69, 9.17) is 0 Å². The van der Waals surface area contributed by atoms with E-state index in [2.05, 4.69) is 53.7 Å². The summed E-state index contributed by atoms with van der Waals surface area (Å²) < 4.78 is 0. The van der Waals surface area contributed by atoms with Crippen molar-refractivity contribution in [2.45, 2.75) is 38.3 Å². The molecular weight excluding hydrogens is 264 g/mol. The maximum absolute atomic E-state index is 3.63. The normalized spacial score (nSPS) is 23.9. The third-order valence-corrected chi connectivity index (χ3v) is 4.78. The van der Waals surface area contributed by atoms with Gasteiger partial charge in [0.05, 0.1) is 0 Å². The van der Waals surface area contributed by atoms with Crippen LogP contribution in [-0.4, -0.2) is 42.6 Å². The van der Waals surface area contributed by atoms with Crippen molar-refractivity contribution >= 4 is 11.8 Å².